The molecule has 0 spiro atoms. The Labute approximate surface area is 159 Å². The van der Waals surface area contributed by atoms with E-state index in [1.807, 2.05) is 0 Å². The van der Waals surface area contributed by atoms with Crippen LogP contribution in [0.25, 0.3) is 11.1 Å². The van der Waals surface area contributed by atoms with E-state index in [0.29, 0.717) is 4.09 Å². The minimum atomic E-state index is -4.66. The lowest BCUT2D eigenvalue weighted by molar-refractivity contribution is -0.144. The van der Waals surface area contributed by atoms with Crippen LogP contribution in [0.5, 0.6) is 5.75 Å². The van der Waals surface area contributed by atoms with Crippen LogP contribution in [0, 0.1) is 6.92 Å². The number of hydrogen-bond donors (Lipinski definition) is 1. The van der Waals surface area contributed by atoms with Crippen LogP contribution in [0.2, 0.25) is 0 Å². The van der Waals surface area contributed by atoms with Crippen LogP contribution >= 0.6 is 0 Å². The summed E-state index contributed by atoms with van der Waals surface area (Å²) in [5, 5.41) is 12.9. The van der Waals surface area contributed by atoms with Gasteiger partial charge in [-0.05, 0) is 32.0 Å². The number of ether oxygens (including phenoxy) is 1. The van der Waals surface area contributed by atoms with Crippen molar-refractivity contribution >= 4 is 16.2 Å². The van der Waals surface area contributed by atoms with Gasteiger partial charge < -0.3 is 9.84 Å². The molecule has 154 valence electrons. The lowest BCUT2D eigenvalue weighted by Gasteiger charge is -2.16. The summed E-state index contributed by atoms with van der Waals surface area (Å²) in [6.45, 7) is 2.64. The summed E-state index contributed by atoms with van der Waals surface area (Å²) < 4.78 is 70.7. The number of carbonyl (C=O) groups is 1. The smallest absolute Gasteiger partial charge is 0.416 e. The molecule has 0 fully saturated rings. The highest BCUT2D eigenvalue weighted by Gasteiger charge is 2.32. The fraction of sp³-hybridized carbons (Fsp3) is 0.375. The third-order valence-corrected chi connectivity index (χ3v) is 5.41. The number of aromatic nitrogens is 2. The summed E-state index contributed by atoms with van der Waals surface area (Å²) in [5.74, 6) is -1.46. The number of nitrogens with zero attached hydrogens (tertiary/aromatic N) is 3. The van der Waals surface area contributed by atoms with Gasteiger partial charge in [0, 0.05) is 25.2 Å². The summed E-state index contributed by atoms with van der Waals surface area (Å²) in [5.41, 5.74) is -0.942. The number of hydrogen-bond acceptors (Lipinski definition) is 5. The van der Waals surface area contributed by atoms with Gasteiger partial charge in [-0.1, -0.05) is 0 Å². The van der Waals surface area contributed by atoms with Crippen LogP contribution in [0.15, 0.2) is 24.4 Å². The van der Waals surface area contributed by atoms with E-state index < -0.39 is 34.0 Å². The van der Waals surface area contributed by atoms with Crippen molar-refractivity contribution in [2.24, 2.45) is 0 Å². The molecule has 1 N–H and O–H groups in total. The third kappa shape index (κ3) is 4.28. The lowest BCUT2D eigenvalue weighted by atomic mass is 10.0. The molecule has 1 unspecified atom stereocenters. The van der Waals surface area contributed by atoms with Gasteiger partial charge in [0.2, 0.25) is 0 Å². The van der Waals surface area contributed by atoms with E-state index in [0.717, 1.165) is 28.7 Å². The molecule has 2 aromatic rings. The van der Waals surface area contributed by atoms with Gasteiger partial charge in [-0.25, -0.2) is 4.79 Å². The first-order valence-electron chi connectivity index (χ1n) is 7.85. The molecule has 2 rings (SSSR count). The molecule has 0 saturated heterocycles. The van der Waals surface area contributed by atoms with Crippen LogP contribution in [-0.4, -0.2) is 53.2 Å². The van der Waals surface area contributed by atoms with E-state index in [1.54, 1.807) is 0 Å². The van der Waals surface area contributed by atoms with Crippen molar-refractivity contribution in [2.75, 3.05) is 14.1 Å². The zero-order valence-corrected chi connectivity index (χ0v) is 16.2. The number of halogens is 3. The number of rotatable bonds is 6. The van der Waals surface area contributed by atoms with Gasteiger partial charge in [0.25, 0.3) is 0 Å². The number of benzene rings is 1. The Balaban J connectivity index is 2.68. The molecule has 0 aliphatic rings. The van der Waals surface area contributed by atoms with Gasteiger partial charge >= 0.3 is 22.4 Å². The molecule has 0 amide bonds. The van der Waals surface area contributed by atoms with Gasteiger partial charge in [0.15, 0.2) is 6.10 Å². The maximum Gasteiger partial charge on any atom is 0.416 e. The average Bonchev–Trinajstić information content (AvgIpc) is 2.96. The fourth-order valence-corrected chi connectivity index (χ4v) is 3.04. The molecule has 1 aromatic carbocycles. The number of aryl methyl sites for hydroxylation is 1. The molecule has 1 heterocycles. The molecule has 0 aliphatic carbocycles. The van der Waals surface area contributed by atoms with E-state index in [4.69, 9.17) is 9.84 Å². The summed E-state index contributed by atoms with van der Waals surface area (Å²) in [6, 6.07) is 2.51. The standard InChI is InChI=1S/C16H18F3N3O5S/c1-9-13(8-22(20-9)28(25,26)21(3)4)12-7-11(16(17,18)19)5-6-14(12)27-10(2)15(23)24/h5-8,10H,1-4H3,(H,23,24). The highest BCUT2D eigenvalue weighted by atomic mass is 32.2. The van der Waals surface area contributed by atoms with E-state index in [-0.39, 0.29) is 22.6 Å². The predicted molar refractivity (Wildman–Crippen MR) is 93.1 cm³/mol. The van der Waals surface area contributed by atoms with Crippen LogP contribution < -0.4 is 4.74 Å². The maximum atomic E-state index is 13.1. The third-order valence-electron chi connectivity index (χ3n) is 3.82. The van der Waals surface area contributed by atoms with Gasteiger partial charge in [-0.3, -0.25) is 0 Å². The number of alkyl halides is 3. The summed E-state index contributed by atoms with van der Waals surface area (Å²) >= 11 is 0. The number of carboxylic acid groups (broad SMARTS) is 1. The highest BCUT2D eigenvalue weighted by Crippen LogP contribution is 2.38. The normalized spacial score (nSPS) is 13.6. The zero-order valence-electron chi connectivity index (χ0n) is 15.4. The van der Waals surface area contributed by atoms with Crippen molar-refractivity contribution in [3.63, 3.8) is 0 Å². The first-order valence-corrected chi connectivity index (χ1v) is 9.25. The Morgan fingerprint density at radius 3 is 2.39 bits per heavy atom. The predicted octanol–water partition coefficient (Wildman–Crippen LogP) is 2.38. The topological polar surface area (TPSA) is 102 Å². The van der Waals surface area contributed by atoms with E-state index in [1.165, 1.54) is 27.9 Å². The Kier molecular flexibility index (Phi) is 5.76. The van der Waals surface area contributed by atoms with Crippen LogP contribution in [0.3, 0.4) is 0 Å². The molecule has 0 bridgehead atoms. The van der Waals surface area contributed by atoms with E-state index >= 15 is 0 Å². The summed E-state index contributed by atoms with van der Waals surface area (Å²) in [7, 11) is -1.44. The lowest BCUT2D eigenvalue weighted by Crippen LogP contribution is -2.29. The van der Waals surface area contributed by atoms with Crippen molar-refractivity contribution in [1.29, 1.82) is 0 Å². The Bertz CT molecular complexity index is 999. The zero-order chi connectivity index (χ0) is 21.4. The molecular weight excluding hydrogens is 403 g/mol. The first-order chi connectivity index (χ1) is 12.7. The SMILES string of the molecule is Cc1nn(S(=O)(=O)N(C)C)cc1-c1cc(C(F)(F)F)ccc1OC(C)C(=O)O. The molecule has 1 atom stereocenters. The number of aliphatic carboxylic acids is 1. The van der Waals surface area contributed by atoms with Crippen LogP contribution in [0.1, 0.15) is 18.2 Å². The second-order valence-corrected chi connectivity index (χ2v) is 8.10. The van der Waals surface area contributed by atoms with Gasteiger partial charge in [-0.2, -0.15) is 35.1 Å². The van der Waals surface area contributed by atoms with Crippen molar-refractivity contribution in [3.05, 3.63) is 35.7 Å². The average molecular weight is 421 g/mol. The fourth-order valence-electron chi connectivity index (χ4n) is 2.24. The highest BCUT2D eigenvalue weighted by molar-refractivity contribution is 7.87. The van der Waals surface area contributed by atoms with Crippen molar-refractivity contribution in [1.82, 2.24) is 13.5 Å². The van der Waals surface area contributed by atoms with Gasteiger partial charge in [-0.15, -0.1) is 0 Å². The second kappa shape index (κ2) is 7.43. The molecule has 12 heteroatoms. The van der Waals surface area contributed by atoms with Crippen LogP contribution in [0.4, 0.5) is 13.2 Å². The molecular formula is C16H18F3N3O5S. The van der Waals surface area contributed by atoms with Gasteiger partial charge in [0.05, 0.1) is 17.5 Å². The van der Waals surface area contributed by atoms with E-state index in [2.05, 4.69) is 5.10 Å². The molecule has 0 saturated carbocycles. The van der Waals surface area contributed by atoms with Crippen LogP contribution in [-0.2, 0) is 21.2 Å². The Morgan fingerprint density at radius 1 is 1.29 bits per heavy atom. The Morgan fingerprint density at radius 2 is 1.89 bits per heavy atom. The molecule has 0 radical (unpaired) electrons. The van der Waals surface area contributed by atoms with Crippen molar-refractivity contribution in [3.8, 4) is 16.9 Å². The largest absolute Gasteiger partial charge is 0.479 e. The Hall–Kier alpha value is -2.60. The van der Waals surface area contributed by atoms with Crippen molar-refractivity contribution in [2.45, 2.75) is 26.1 Å². The first kappa shape index (κ1) is 21.7. The summed E-state index contributed by atoms with van der Waals surface area (Å²) in [6.07, 6.45) is -4.94. The monoisotopic (exact) mass is 421 g/mol. The minimum Gasteiger partial charge on any atom is -0.479 e. The number of carboxylic acids is 1. The summed E-state index contributed by atoms with van der Waals surface area (Å²) in [4.78, 5) is 11.0. The molecule has 28 heavy (non-hydrogen) atoms. The molecule has 0 aliphatic heterocycles. The minimum absolute atomic E-state index is 0.0594. The van der Waals surface area contributed by atoms with E-state index in [9.17, 15) is 26.4 Å². The molecule has 1 aromatic heterocycles. The quantitative estimate of drug-likeness (QED) is 0.769. The maximum absolute atomic E-state index is 13.1. The second-order valence-electron chi connectivity index (χ2n) is 6.10. The van der Waals surface area contributed by atoms with Crippen molar-refractivity contribution < 1.29 is 36.2 Å². The molecule has 8 nitrogen and oxygen atoms in total. The van der Waals surface area contributed by atoms with Gasteiger partial charge in [0.1, 0.15) is 5.75 Å².